The topological polar surface area (TPSA) is 37.3 Å². The van der Waals surface area contributed by atoms with Crippen molar-refractivity contribution in [2.75, 3.05) is 0 Å². The summed E-state index contributed by atoms with van der Waals surface area (Å²) in [6.45, 7) is 1.94. The van der Waals surface area contributed by atoms with Crippen molar-refractivity contribution in [3.8, 4) is 0 Å². The van der Waals surface area contributed by atoms with E-state index in [0.29, 0.717) is 0 Å². The monoisotopic (exact) mass is 210 g/mol. The Hall–Kier alpha value is -1.02. The number of hydrogen-bond acceptors (Lipinski definition) is 1. The van der Waals surface area contributed by atoms with E-state index in [0.717, 1.165) is 22.6 Å². The molecule has 1 aliphatic carbocycles. The molecule has 0 bridgehead atoms. The normalized spacial score (nSPS) is 24.7. The van der Waals surface area contributed by atoms with Gasteiger partial charge in [0.15, 0.2) is 0 Å². The summed E-state index contributed by atoms with van der Waals surface area (Å²) in [7, 11) is 0. The second-order valence-corrected chi connectivity index (χ2v) is 4.20. The van der Waals surface area contributed by atoms with Crippen LogP contribution in [0.15, 0.2) is 18.2 Å². The van der Waals surface area contributed by atoms with Crippen molar-refractivity contribution in [1.29, 1.82) is 0 Å². The smallest absolute Gasteiger partial charge is 0.307 e. The Morgan fingerprint density at radius 2 is 2.29 bits per heavy atom. The highest BCUT2D eigenvalue weighted by atomic mass is 35.5. The van der Waals surface area contributed by atoms with Gasteiger partial charge in [0.25, 0.3) is 0 Å². The molecule has 3 heteroatoms. The number of carboxylic acid groups (broad SMARTS) is 1. The molecule has 2 rings (SSSR count). The van der Waals surface area contributed by atoms with Crippen molar-refractivity contribution in [1.82, 2.24) is 0 Å². The van der Waals surface area contributed by atoms with E-state index in [4.69, 9.17) is 16.7 Å². The van der Waals surface area contributed by atoms with Gasteiger partial charge in [-0.05, 0) is 36.5 Å². The van der Waals surface area contributed by atoms with Gasteiger partial charge in [-0.3, -0.25) is 4.79 Å². The molecule has 74 valence electrons. The minimum atomic E-state index is -0.702. The third kappa shape index (κ3) is 1.62. The lowest BCUT2D eigenvalue weighted by molar-refractivity contribution is -0.138. The molecule has 1 aromatic rings. The number of carboxylic acids is 1. The van der Waals surface area contributed by atoms with Gasteiger partial charge in [-0.15, -0.1) is 0 Å². The summed E-state index contributed by atoms with van der Waals surface area (Å²) >= 11 is 5.97. The minimum Gasteiger partial charge on any atom is -0.481 e. The first kappa shape index (κ1) is 9.53. The van der Waals surface area contributed by atoms with E-state index in [1.54, 1.807) is 0 Å². The third-order valence-corrected chi connectivity index (χ3v) is 3.14. The van der Waals surface area contributed by atoms with Crippen LogP contribution in [0.25, 0.3) is 0 Å². The highest BCUT2D eigenvalue weighted by Crippen LogP contribution is 2.48. The van der Waals surface area contributed by atoms with E-state index >= 15 is 0 Å². The van der Waals surface area contributed by atoms with Crippen molar-refractivity contribution in [3.05, 3.63) is 34.3 Å². The quantitative estimate of drug-likeness (QED) is 0.815. The minimum absolute atomic E-state index is 0.172. The first-order chi connectivity index (χ1) is 6.59. The number of aliphatic carboxylic acids is 1. The fraction of sp³-hybridized carbons (Fsp3) is 0.364. The molecular weight excluding hydrogens is 200 g/mol. The highest BCUT2D eigenvalue weighted by Gasteiger charge is 2.44. The van der Waals surface area contributed by atoms with E-state index in [1.165, 1.54) is 0 Å². The molecule has 0 aromatic heterocycles. The molecular formula is C11H11ClO2. The number of carbonyl (C=O) groups is 1. The predicted octanol–water partition coefficient (Wildman–Crippen LogP) is 2.84. The van der Waals surface area contributed by atoms with Gasteiger partial charge in [-0.25, -0.2) is 0 Å². The van der Waals surface area contributed by atoms with Gasteiger partial charge < -0.3 is 5.11 Å². The number of hydrogen-bond donors (Lipinski definition) is 1. The first-order valence-corrected chi connectivity index (χ1v) is 4.96. The largest absolute Gasteiger partial charge is 0.481 e. The molecule has 1 unspecified atom stereocenters. The predicted molar refractivity (Wildman–Crippen MR) is 54.7 cm³/mol. The van der Waals surface area contributed by atoms with Crippen LogP contribution < -0.4 is 0 Å². The molecule has 14 heavy (non-hydrogen) atoms. The molecule has 0 spiro atoms. The van der Waals surface area contributed by atoms with Gasteiger partial charge in [0.1, 0.15) is 0 Å². The fourth-order valence-corrected chi connectivity index (χ4v) is 1.87. The average molecular weight is 211 g/mol. The standard InChI is InChI=1S/C11H11ClO2/c1-6-2-3-7(4-10(6)12)8-5-9(8)11(13)14/h2-4,8-9H,5H2,1H3,(H,13,14)/t8?,9-/m0/s1. The maximum Gasteiger partial charge on any atom is 0.307 e. The van der Waals surface area contributed by atoms with Crippen molar-refractivity contribution in [2.45, 2.75) is 19.3 Å². The van der Waals surface area contributed by atoms with E-state index in [2.05, 4.69) is 0 Å². The second kappa shape index (κ2) is 3.28. The van der Waals surface area contributed by atoms with Crippen molar-refractivity contribution >= 4 is 17.6 Å². The number of benzene rings is 1. The van der Waals surface area contributed by atoms with Crippen LogP contribution in [0.1, 0.15) is 23.5 Å². The lowest BCUT2D eigenvalue weighted by Crippen LogP contribution is -1.98. The van der Waals surface area contributed by atoms with Gasteiger partial charge in [0, 0.05) is 5.02 Å². The summed E-state index contributed by atoms with van der Waals surface area (Å²) in [6.07, 6.45) is 0.745. The lowest BCUT2D eigenvalue weighted by Gasteiger charge is -2.02. The van der Waals surface area contributed by atoms with Gasteiger partial charge in [0.05, 0.1) is 5.92 Å². The summed E-state index contributed by atoms with van der Waals surface area (Å²) < 4.78 is 0. The number of aryl methyl sites for hydroxylation is 1. The fourth-order valence-electron chi connectivity index (χ4n) is 1.68. The Kier molecular flexibility index (Phi) is 2.23. The van der Waals surface area contributed by atoms with Crippen molar-refractivity contribution in [3.63, 3.8) is 0 Å². The van der Waals surface area contributed by atoms with E-state index in [-0.39, 0.29) is 11.8 Å². The molecule has 0 saturated heterocycles. The molecule has 1 fully saturated rings. The van der Waals surface area contributed by atoms with Crippen molar-refractivity contribution < 1.29 is 9.90 Å². The summed E-state index contributed by atoms with van der Waals surface area (Å²) in [5.41, 5.74) is 2.08. The second-order valence-electron chi connectivity index (χ2n) is 3.80. The maximum absolute atomic E-state index is 10.7. The highest BCUT2D eigenvalue weighted by molar-refractivity contribution is 6.31. The number of halogens is 1. The Morgan fingerprint density at radius 1 is 1.57 bits per heavy atom. The molecule has 2 nitrogen and oxygen atoms in total. The summed E-state index contributed by atoms with van der Waals surface area (Å²) in [5, 5.41) is 9.50. The van der Waals surface area contributed by atoms with Gasteiger partial charge in [0.2, 0.25) is 0 Å². The lowest BCUT2D eigenvalue weighted by atomic mass is 10.1. The van der Waals surface area contributed by atoms with Crippen LogP contribution in [-0.2, 0) is 4.79 Å². The summed E-state index contributed by atoms with van der Waals surface area (Å²) in [6, 6.07) is 5.79. The first-order valence-electron chi connectivity index (χ1n) is 4.58. The van der Waals surface area contributed by atoms with Crippen molar-refractivity contribution in [2.24, 2.45) is 5.92 Å². The molecule has 0 heterocycles. The van der Waals surface area contributed by atoms with Gasteiger partial charge >= 0.3 is 5.97 Å². The molecule has 0 aliphatic heterocycles. The third-order valence-electron chi connectivity index (χ3n) is 2.73. The Balaban J connectivity index is 2.20. The van der Waals surface area contributed by atoms with Crippen LogP contribution in [-0.4, -0.2) is 11.1 Å². The Morgan fingerprint density at radius 3 is 2.79 bits per heavy atom. The zero-order valence-electron chi connectivity index (χ0n) is 7.83. The van der Waals surface area contributed by atoms with Crippen LogP contribution in [0.5, 0.6) is 0 Å². The summed E-state index contributed by atoms with van der Waals surface area (Å²) in [5.74, 6) is -0.730. The van der Waals surface area contributed by atoms with Crippen LogP contribution in [0.2, 0.25) is 5.02 Å². The zero-order chi connectivity index (χ0) is 10.3. The van der Waals surface area contributed by atoms with E-state index in [9.17, 15) is 4.79 Å². The Labute approximate surface area is 87.5 Å². The SMILES string of the molecule is Cc1ccc(C2C[C@@H]2C(=O)O)cc1Cl. The molecule has 2 atom stereocenters. The van der Waals surface area contributed by atoms with E-state index < -0.39 is 5.97 Å². The van der Waals surface area contributed by atoms with Crippen LogP contribution >= 0.6 is 11.6 Å². The van der Waals surface area contributed by atoms with E-state index in [1.807, 2.05) is 25.1 Å². The maximum atomic E-state index is 10.7. The molecule has 1 N–H and O–H groups in total. The van der Waals surface area contributed by atoms with Crippen LogP contribution in [0.4, 0.5) is 0 Å². The summed E-state index contributed by atoms with van der Waals surface area (Å²) in [4.78, 5) is 10.7. The molecule has 0 radical (unpaired) electrons. The Bertz CT molecular complexity index is 387. The van der Waals surface area contributed by atoms with Crippen LogP contribution in [0, 0.1) is 12.8 Å². The molecule has 1 saturated carbocycles. The van der Waals surface area contributed by atoms with Gasteiger partial charge in [-0.1, -0.05) is 23.7 Å². The molecule has 1 aromatic carbocycles. The van der Waals surface area contributed by atoms with Gasteiger partial charge in [-0.2, -0.15) is 0 Å². The molecule has 1 aliphatic rings. The molecule has 0 amide bonds. The zero-order valence-corrected chi connectivity index (χ0v) is 8.58. The van der Waals surface area contributed by atoms with Crippen LogP contribution in [0.3, 0.4) is 0 Å². The average Bonchev–Trinajstić information content (AvgIpc) is 2.89. The number of rotatable bonds is 2.